The number of rotatable bonds is 4. The molecule has 0 aliphatic carbocycles. The van der Waals surface area contributed by atoms with Gasteiger partial charge in [-0.2, -0.15) is 0 Å². The van der Waals surface area contributed by atoms with Gasteiger partial charge in [0.1, 0.15) is 0 Å². The van der Waals surface area contributed by atoms with E-state index in [1.165, 1.54) is 4.90 Å². The number of nitrogens with one attached hydrogen (secondary N) is 1. The quantitative estimate of drug-likeness (QED) is 0.489. The van der Waals surface area contributed by atoms with E-state index in [1.54, 1.807) is 54.7 Å². The minimum absolute atomic E-state index is 0.102. The summed E-state index contributed by atoms with van der Waals surface area (Å²) < 4.78 is 0. The first-order valence-corrected chi connectivity index (χ1v) is 10.2. The topological polar surface area (TPSA) is 79.4 Å². The van der Waals surface area contributed by atoms with Crippen molar-refractivity contribution in [2.45, 2.75) is 13.5 Å². The van der Waals surface area contributed by atoms with Gasteiger partial charge in [-0.25, -0.2) is 0 Å². The van der Waals surface area contributed by atoms with Crippen LogP contribution in [-0.2, 0) is 6.54 Å². The van der Waals surface area contributed by atoms with Gasteiger partial charge in [0, 0.05) is 17.1 Å². The van der Waals surface area contributed by atoms with Crippen molar-refractivity contribution in [1.82, 2.24) is 9.88 Å². The third-order valence-electron chi connectivity index (χ3n) is 5.63. The average Bonchev–Trinajstić information content (AvgIpc) is 3.06. The highest BCUT2D eigenvalue weighted by Gasteiger charge is 2.35. The number of nitrogens with zero attached hydrogens (tertiary/aromatic N) is 2. The molecule has 1 aromatic heterocycles. The number of fused-ring (bicyclic) bond motifs is 2. The zero-order valence-electron chi connectivity index (χ0n) is 17.3. The summed E-state index contributed by atoms with van der Waals surface area (Å²) in [4.78, 5) is 43.9. The van der Waals surface area contributed by atoms with Crippen LogP contribution in [0, 0.1) is 6.92 Å². The van der Waals surface area contributed by atoms with Crippen LogP contribution in [0.2, 0.25) is 0 Å². The van der Waals surface area contributed by atoms with E-state index in [0.717, 1.165) is 16.5 Å². The molecular formula is C26H19N3O3. The van der Waals surface area contributed by atoms with E-state index < -0.39 is 0 Å². The Morgan fingerprint density at radius 1 is 0.906 bits per heavy atom. The van der Waals surface area contributed by atoms with Gasteiger partial charge in [0.2, 0.25) is 0 Å². The molecule has 1 N–H and O–H groups in total. The number of hydrogen-bond acceptors (Lipinski definition) is 4. The summed E-state index contributed by atoms with van der Waals surface area (Å²) in [5.41, 5.74) is 4.50. The van der Waals surface area contributed by atoms with Crippen molar-refractivity contribution in [3.63, 3.8) is 0 Å². The maximum absolute atomic E-state index is 13.0. The second-order valence-electron chi connectivity index (χ2n) is 7.73. The third-order valence-corrected chi connectivity index (χ3v) is 5.63. The second kappa shape index (κ2) is 7.74. The van der Waals surface area contributed by atoms with E-state index in [2.05, 4.69) is 10.3 Å². The molecule has 3 aromatic carbocycles. The Morgan fingerprint density at radius 2 is 1.66 bits per heavy atom. The molecule has 0 saturated heterocycles. The first-order chi connectivity index (χ1) is 15.5. The molecule has 3 amide bonds. The molecule has 0 atom stereocenters. The van der Waals surface area contributed by atoms with Crippen molar-refractivity contribution >= 4 is 34.3 Å². The van der Waals surface area contributed by atoms with Crippen LogP contribution in [0.5, 0.6) is 0 Å². The number of benzene rings is 3. The number of carbonyl (C=O) groups excluding carboxylic acids is 3. The first-order valence-electron chi connectivity index (χ1n) is 10.2. The number of anilines is 1. The van der Waals surface area contributed by atoms with Gasteiger partial charge in [-0.15, -0.1) is 0 Å². The summed E-state index contributed by atoms with van der Waals surface area (Å²) in [6.07, 6.45) is 1.73. The molecule has 0 radical (unpaired) electrons. The molecule has 0 unspecified atom stereocenters. The van der Waals surface area contributed by atoms with E-state index in [4.69, 9.17) is 0 Å². The van der Waals surface area contributed by atoms with Crippen LogP contribution in [0.4, 0.5) is 5.69 Å². The fraction of sp³-hybridized carbons (Fsp3) is 0.0769. The normalized spacial score (nSPS) is 12.8. The predicted octanol–water partition coefficient (Wildman–Crippen LogP) is 4.59. The lowest BCUT2D eigenvalue weighted by molar-refractivity contribution is 0.0642. The molecule has 32 heavy (non-hydrogen) atoms. The first kappa shape index (κ1) is 19.6. The molecule has 0 saturated carbocycles. The zero-order chi connectivity index (χ0) is 22.2. The smallest absolute Gasteiger partial charge is 0.261 e. The number of aryl methyl sites for hydroxylation is 1. The van der Waals surface area contributed by atoms with Crippen molar-refractivity contribution in [3.05, 3.63) is 107 Å². The van der Waals surface area contributed by atoms with Gasteiger partial charge in [0.15, 0.2) is 0 Å². The maximum Gasteiger partial charge on any atom is 0.261 e. The van der Waals surface area contributed by atoms with Gasteiger partial charge < -0.3 is 5.32 Å². The van der Waals surface area contributed by atoms with Gasteiger partial charge in [-0.05, 0) is 60.5 Å². The minimum atomic E-state index is -0.320. The zero-order valence-corrected chi connectivity index (χ0v) is 17.3. The highest BCUT2D eigenvalue weighted by Crippen LogP contribution is 2.26. The van der Waals surface area contributed by atoms with Gasteiger partial charge in [0.25, 0.3) is 17.7 Å². The van der Waals surface area contributed by atoms with Crippen LogP contribution >= 0.6 is 0 Å². The van der Waals surface area contributed by atoms with Gasteiger partial charge in [0.05, 0.1) is 28.9 Å². The van der Waals surface area contributed by atoms with Crippen LogP contribution in [0.3, 0.4) is 0 Å². The molecule has 4 aromatic rings. The number of carbonyl (C=O) groups is 3. The summed E-state index contributed by atoms with van der Waals surface area (Å²) in [6.45, 7) is 2.08. The van der Waals surface area contributed by atoms with Crippen LogP contribution in [0.15, 0.2) is 79.0 Å². The number of aromatic nitrogens is 1. The molecule has 156 valence electrons. The summed E-state index contributed by atoms with van der Waals surface area (Å²) in [5.74, 6) is -0.915. The van der Waals surface area contributed by atoms with Crippen LogP contribution < -0.4 is 5.32 Å². The summed E-state index contributed by atoms with van der Waals surface area (Å²) in [5, 5.41) is 3.82. The Balaban J connectivity index is 1.38. The SMILES string of the molecule is Cc1ccc(NC(=O)c2cccc(CN3C(=O)c4ccccc4C3=O)c2)c2cccnc12. The maximum atomic E-state index is 13.0. The Bertz CT molecular complexity index is 1380. The van der Waals surface area contributed by atoms with Crippen molar-refractivity contribution in [3.8, 4) is 0 Å². The molecule has 6 nitrogen and oxygen atoms in total. The predicted molar refractivity (Wildman–Crippen MR) is 122 cm³/mol. The molecule has 1 aliphatic heterocycles. The summed E-state index contributed by atoms with van der Waals surface area (Å²) >= 11 is 0. The second-order valence-corrected chi connectivity index (χ2v) is 7.73. The molecule has 0 spiro atoms. The van der Waals surface area contributed by atoms with Crippen molar-refractivity contribution in [2.24, 2.45) is 0 Å². The van der Waals surface area contributed by atoms with E-state index in [-0.39, 0.29) is 24.3 Å². The number of hydrogen-bond donors (Lipinski definition) is 1. The highest BCUT2D eigenvalue weighted by molar-refractivity contribution is 6.21. The van der Waals surface area contributed by atoms with E-state index in [1.807, 2.05) is 31.2 Å². The van der Waals surface area contributed by atoms with E-state index in [9.17, 15) is 14.4 Å². The highest BCUT2D eigenvalue weighted by atomic mass is 16.2. The Hall–Kier alpha value is -4.32. The Morgan fingerprint density at radius 3 is 2.41 bits per heavy atom. The van der Waals surface area contributed by atoms with Gasteiger partial charge in [-0.3, -0.25) is 24.3 Å². The van der Waals surface area contributed by atoms with Gasteiger partial charge >= 0.3 is 0 Å². The molecule has 1 aliphatic rings. The van der Waals surface area contributed by atoms with Crippen LogP contribution in [0.25, 0.3) is 10.9 Å². The molecule has 2 heterocycles. The number of pyridine rings is 1. The molecule has 6 heteroatoms. The number of amides is 3. The lowest BCUT2D eigenvalue weighted by Crippen LogP contribution is -2.29. The van der Waals surface area contributed by atoms with Crippen LogP contribution in [-0.4, -0.2) is 27.6 Å². The van der Waals surface area contributed by atoms with Crippen molar-refractivity contribution < 1.29 is 14.4 Å². The Kier molecular flexibility index (Phi) is 4.75. The lowest BCUT2D eigenvalue weighted by atomic mass is 10.1. The summed E-state index contributed by atoms with van der Waals surface area (Å²) in [7, 11) is 0. The molecule has 5 rings (SSSR count). The van der Waals surface area contributed by atoms with Crippen molar-refractivity contribution in [2.75, 3.05) is 5.32 Å². The lowest BCUT2D eigenvalue weighted by Gasteiger charge is -2.15. The monoisotopic (exact) mass is 421 g/mol. The van der Waals surface area contributed by atoms with Crippen LogP contribution in [0.1, 0.15) is 42.2 Å². The largest absolute Gasteiger partial charge is 0.321 e. The molecular weight excluding hydrogens is 402 g/mol. The third kappa shape index (κ3) is 3.32. The average molecular weight is 421 g/mol. The number of imide groups is 1. The fourth-order valence-corrected chi connectivity index (χ4v) is 3.99. The molecule has 0 bridgehead atoms. The van der Waals surface area contributed by atoms with Crippen molar-refractivity contribution in [1.29, 1.82) is 0 Å². The fourth-order valence-electron chi connectivity index (χ4n) is 3.99. The Labute approximate surface area is 184 Å². The molecule has 0 fully saturated rings. The van der Waals surface area contributed by atoms with E-state index in [0.29, 0.717) is 27.9 Å². The standard InChI is InChI=1S/C26H19N3O3/c1-16-11-12-22(21-10-5-13-27-23(16)21)28-24(30)18-7-4-6-17(14-18)15-29-25(31)19-8-2-3-9-20(19)26(29)32/h2-14H,15H2,1H3,(H,28,30). The minimum Gasteiger partial charge on any atom is -0.321 e. The van der Waals surface area contributed by atoms with Gasteiger partial charge in [-0.1, -0.05) is 30.3 Å². The summed E-state index contributed by atoms with van der Waals surface area (Å²) in [6, 6.07) is 21.3. The van der Waals surface area contributed by atoms with E-state index >= 15 is 0 Å².